The third-order valence-corrected chi connectivity index (χ3v) is 3.41. The predicted octanol–water partition coefficient (Wildman–Crippen LogP) is 3.97. The highest BCUT2D eigenvalue weighted by Gasteiger charge is 2.13. The van der Waals surface area contributed by atoms with Gasteiger partial charge in [-0.05, 0) is 6.07 Å². The monoisotopic (exact) mass is 334 g/mol. The third-order valence-electron chi connectivity index (χ3n) is 2.41. The average Bonchev–Trinajstić information content (AvgIpc) is 2.46. The van der Waals surface area contributed by atoms with Gasteiger partial charge in [-0.25, -0.2) is 9.97 Å². The van der Waals surface area contributed by atoms with E-state index >= 15 is 0 Å². The standard InChI is InChI=1S/C13H10F4N2O2S/c14-12(15)20-9-2-1-8(11(3-9)21-13(16)17)6-22-10-4-18-7-19-5-10/h1-5,7,12-13H,6H2. The maximum atomic E-state index is 12.4. The van der Waals surface area contributed by atoms with Gasteiger partial charge in [0.05, 0.1) is 0 Å². The highest BCUT2D eigenvalue weighted by atomic mass is 32.2. The van der Waals surface area contributed by atoms with Crippen LogP contribution in [0.15, 0.2) is 41.8 Å². The second kappa shape index (κ2) is 7.83. The van der Waals surface area contributed by atoms with Crippen LogP contribution in [0.1, 0.15) is 5.56 Å². The van der Waals surface area contributed by atoms with Crippen LogP contribution in [0.4, 0.5) is 17.6 Å². The summed E-state index contributed by atoms with van der Waals surface area (Å²) in [4.78, 5) is 8.39. The van der Waals surface area contributed by atoms with E-state index in [-0.39, 0.29) is 17.3 Å². The summed E-state index contributed by atoms with van der Waals surface area (Å²) in [7, 11) is 0. The van der Waals surface area contributed by atoms with Crippen LogP contribution in [0, 0.1) is 0 Å². The van der Waals surface area contributed by atoms with Gasteiger partial charge < -0.3 is 9.47 Å². The van der Waals surface area contributed by atoms with Gasteiger partial charge in [0.25, 0.3) is 0 Å². The lowest BCUT2D eigenvalue weighted by Crippen LogP contribution is -2.06. The SMILES string of the molecule is FC(F)Oc1ccc(CSc2cncnc2)c(OC(F)F)c1. The van der Waals surface area contributed by atoms with Gasteiger partial charge in [-0.3, -0.25) is 0 Å². The van der Waals surface area contributed by atoms with Crippen molar-refractivity contribution in [2.75, 3.05) is 0 Å². The van der Waals surface area contributed by atoms with Gasteiger partial charge in [-0.1, -0.05) is 6.07 Å². The van der Waals surface area contributed by atoms with E-state index in [1.165, 1.54) is 30.2 Å². The number of nitrogens with zero attached hydrogens (tertiary/aromatic N) is 2. The van der Waals surface area contributed by atoms with Crippen molar-refractivity contribution in [3.05, 3.63) is 42.5 Å². The summed E-state index contributed by atoms with van der Waals surface area (Å²) >= 11 is 1.30. The van der Waals surface area contributed by atoms with Crippen molar-refractivity contribution in [1.82, 2.24) is 9.97 Å². The Bertz CT molecular complexity index is 602. The molecule has 0 unspecified atom stereocenters. The van der Waals surface area contributed by atoms with E-state index < -0.39 is 13.2 Å². The van der Waals surface area contributed by atoms with Gasteiger partial charge in [0, 0.05) is 34.7 Å². The maximum absolute atomic E-state index is 12.4. The maximum Gasteiger partial charge on any atom is 0.387 e. The van der Waals surface area contributed by atoms with Crippen molar-refractivity contribution < 1.29 is 27.0 Å². The Balaban J connectivity index is 2.14. The van der Waals surface area contributed by atoms with Gasteiger partial charge >= 0.3 is 13.2 Å². The molecule has 1 aromatic carbocycles. The van der Waals surface area contributed by atoms with Crippen molar-refractivity contribution in [2.45, 2.75) is 23.9 Å². The minimum Gasteiger partial charge on any atom is -0.435 e. The van der Waals surface area contributed by atoms with E-state index in [2.05, 4.69) is 19.4 Å². The number of halogens is 4. The molecule has 4 nitrogen and oxygen atoms in total. The number of alkyl halides is 4. The number of thioether (sulfide) groups is 1. The Hall–Kier alpha value is -2.03. The minimum atomic E-state index is -3.06. The van der Waals surface area contributed by atoms with Gasteiger partial charge in [0.2, 0.25) is 0 Å². The average molecular weight is 334 g/mol. The first-order chi connectivity index (χ1) is 10.5. The fraction of sp³-hybridized carbons (Fsp3) is 0.231. The molecular weight excluding hydrogens is 324 g/mol. The molecular formula is C13H10F4N2O2S. The molecule has 0 saturated carbocycles. The lowest BCUT2D eigenvalue weighted by Gasteiger charge is -2.12. The molecule has 9 heteroatoms. The van der Waals surface area contributed by atoms with Crippen molar-refractivity contribution >= 4 is 11.8 Å². The molecule has 2 aromatic rings. The Morgan fingerprint density at radius 2 is 1.68 bits per heavy atom. The zero-order chi connectivity index (χ0) is 15.9. The molecule has 118 valence electrons. The largest absolute Gasteiger partial charge is 0.435 e. The van der Waals surface area contributed by atoms with E-state index in [0.29, 0.717) is 5.56 Å². The molecule has 0 aliphatic heterocycles. The quantitative estimate of drug-likeness (QED) is 0.566. The Kier molecular flexibility index (Phi) is 5.82. The molecule has 0 aliphatic rings. The molecule has 0 bridgehead atoms. The van der Waals surface area contributed by atoms with E-state index in [0.717, 1.165) is 11.0 Å². The number of hydrogen-bond acceptors (Lipinski definition) is 5. The summed E-state index contributed by atoms with van der Waals surface area (Å²) in [6.45, 7) is -6.10. The molecule has 0 aliphatic carbocycles. The molecule has 0 N–H and O–H groups in total. The molecule has 1 heterocycles. The van der Waals surface area contributed by atoms with Crippen LogP contribution in [-0.4, -0.2) is 23.2 Å². The number of benzene rings is 1. The predicted molar refractivity (Wildman–Crippen MR) is 71.3 cm³/mol. The van der Waals surface area contributed by atoms with E-state index in [1.807, 2.05) is 0 Å². The lowest BCUT2D eigenvalue weighted by atomic mass is 10.2. The summed E-state index contributed by atoms with van der Waals surface area (Å²) in [6, 6.07) is 3.67. The molecule has 0 amide bonds. The fourth-order valence-electron chi connectivity index (χ4n) is 1.56. The number of aromatic nitrogens is 2. The second-order valence-electron chi connectivity index (χ2n) is 3.89. The third kappa shape index (κ3) is 5.06. The van der Waals surface area contributed by atoms with Crippen LogP contribution < -0.4 is 9.47 Å². The molecule has 0 atom stereocenters. The van der Waals surface area contributed by atoms with Crippen LogP contribution in [0.3, 0.4) is 0 Å². The van der Waals surface area contributed by atoms with Gasteiger partial charge in [-0.2, -0.15) is 17.6 Å². The number of ether oxygens (including phenoxy) is 2. The normalized spacial score (nSPS) is 11.0. The first-order valence-corrected chi connectivity index (χ1v) is 6.93. The molecule has 0 fully saturated rings. The van der Waals surface area contributed by atoms with Crippen LogP contribution in [0.5, 0.6) is 11.5 Å². The second-order valence-corrected chi connectivity index (χ2v) is 4.94. The minimum absolute atomic E-state index is 0.211. The van der Waals surface area contributed by atoms with Gasteiger partial charge in [0.15, 0.2) is 0 Å². The molecule has 0 saturated heterocycles. The van der Waals surface area contributed by atoms with Crippen LogP contribution in [0.25, 0.3) is 0 Å². The van der Waals surface area contributed by atoms with Crippen LogP contribution in [0.2, 0.25) is 0 Å². The van der Waals surface area contributed by atoms with Crippen molar-refractivity contribution in [3.8, 4) is 11.5 Å². The summed E-state index contributed by atoms with van der Waals surface area (Å²) < 4.78 is 57.7. The van der Waals surface area contributed by atoms with Crippen molar-refractivity contribution in [2.24, 2.45) is 0 Å². The first-order valence-electron chi connectivity index (χ1n) is 5.95. The number of rotatable bonds is 7. The summed E-state index contributed by atoms with van der Waals surface area (Å²) in [5, 5.41) is 0. The van der Waals surface area contributed by atoms with Crippen molar-refractivity contribution in [1.29, 1.82) is 0 Å². The first kappa shape index (κ1) is 16.3. The Labute approximate surface area is 127 Å². The number of hydrogen-bond donors (Lipinski definition) is 0. The highest BCUT2D eigenvalue weighted by molar-refractivity contribution is 7.98. The molecule has 2 rings (SSSR count). The van der Waals surface area contributed by atoms with Gasteiger partial charge in [0.1, 0.15) is 17.8 Å². The summed E-state index contributed by atoms with van der Waals surface area (Å²) in [5.74, 6) is -0.176. The fourth-order valence-corrected chi connectivity index (χ4v) is 2.39. The lowest BCUT2D eigenvalue weighted by molar-refractivity contribution is -0.0545. The molecule has 0 radical (unpaired) electrons. The van der Waals surface area contributed by atoms with Crippen molar-refractivity contribution in [3.63, 3.8) is 0 Å². The van der Waals surface area contributed by atoms with Crippen LogP contribution >= 0.6 is 11.8 Å². The van der Waals surface area contributed by atoms with E-state index in [1.54, 1.807) is 12.4 Å². The van der Waals surface area contributed by atoms with Crippen LogP contribution in [-0.2, 0) is 5.75 Å². The zero-order valence-electron chi connectivity index (χ0n) is 11.0. The summed E-state index contributed by atoms with van der Waals surface area (Å²) in [5.41, 5.74) is 0.413. The molecule has 22 heavy (non-hydrogen) atoms. The smallest absolute Gasteiger partial charge is 0.387 e. The molecule has 0 spiro atoms. The van der Waals surface area contributed by atoms with Gasteiger partial charge in [-0.15, -0.1) is 11.8 Å². The van der Waals surface area contributed by atoms with E-state index in [4.69, 9.17) is 0 Å². The van der Waals surface area contributed by atoms with E-state index in [9.17, 15) is 17.6 Å². The Morgan fingerprint density at radius 1 is 1.00 bits per heavy atom. The Morgan fingerprint density at radius 3 is 2.32 bits per heavy atom. The zero-order valence-corrected chi connectivity index (χ0v) is 11.8. The summed E-state index contributed by atoms with van der Waals surface area (Å²) in [6.07, 6.45) is 4.51. The highest BCUT2D eigenvalue weighted by Crippen LogP contribution is 2.32. The topological polar surface area (TPSA) is 44.2 Å². The molecule has 1 aromatic heterocycles.